The number of nitrogens with zero attached hydrogens (tertiary/aromatic N) is 1. The van der Waals surface area contributed by atoms with E-state index in [4.69, 9.17) is 0 Å². The van der Waals surface area contributed by atoms with Crippen LogP contribution >= 0.6 is 0 Å². The van der Waals surface area contributed by atoms with Gasteiger partial charge in [-0.3, -0.25) is 4.79 Å². The summed E-state index contributed by atoms with van der Waals surface area (Å²) in [6.07, 6.45) is 1.19. The van der Waals surface area contributed by atoms with Gasteiger partial charge in [0.2, 0.25) is 0 Å². The van der Waals surface area contributed by atoms with Crippen LogP contribution in [0.25, 0.3) is 0 Å². The fraction of sp³-hybridized carbons (Fsp3) is 0.0667. The number of aryl methyl sites for hydroxylation is 1. The van der Waals surface area contributed by atoms with E-state index in [1.165, 1.54) is 30.5 Å². The fourth-order valence-electron chi connectivity index (χ4n) is 1.71. The first-order valence-corrected chi connectivity index (χ1v) is 6.13. The van der Waals surface area contributed by atoms with Crippen LogP contribution in [0, 0.1) is 6.92 Å². The number of para-hydroxylation sites is 1. The smallest absolute Gasteiger partial charge is 0.275 e. The van der Waals surface area contributed by atoms with Gasteiger partial charge in [-0.1, -0.05) is 12.1 Å². The van der Waals surface area contributed by atoms with Crippen LogP contribution in [0.2, 0.25) is 0 Å². The summed E-state index contributed by atoms with van der Waals surface area (Å²) in [7, 11) is 0. The molecule has 0 aromatic heterocycles. The molecule has 0 fully saturated rings. The molecule has 6 nitrogen and oxygen atoms in total. The third kappa shape index (κ3) is 3.30. The van der Waals surface area contributed by atoms with Gasteiger partial charge in [-0.15, -0.1) is 0 Å². The number of hydrogen-bond donors (Lipinski definition) is 4. The Morgan fingerprint density at radius 3 is 2.71 bits per heavy atom. The summed E-state index contributed by atoms with van der Waals surface area (Å²) in [5.74, 6) is -0.793. The van der Waals surface area contributed by atoms with Crippen molar-refractivity contribution in [2.75, 3.05) is 0 Å². The number of benzene rings is 2. The standard InChI is InChI=1S/C15H14N2O4/c1-9-3-2-4-12(14(9)20)15(21)17-16-8-10-7-11(18)5-6-13(10)19/h2-8,18-20H,1H3,(H,17,21)/b16-8+. The van der Waals surface area contributed by atoms with Crippen molar-refractivity contribution in [1.82, 2.24) is 5.43 Å². The quantitative estimate of drug-likeness (QED) is 0.393. The molecule has 0 heterocycles. The summed E-state index contributed by atoms with van der Waals surface area (Å²) in [4.78, 5) is 11.9. The van der Waals surface area contributed by atoms with E-state index in [2.05, 4.69) is 10.5 Å². The van der Waals surface area contributed by atoms with E-state index in [9.17, 15) is 20.1 Å². The van der Waals surface area contributed by atoms with Crippen molar-refractivity contribution >= 4 is 12.1 Å². The SMILES string of the molecule is Cc1cccc(C(=O)N/N=C/c2cc(O)ccc2O)c1O. The van der Waals surface area contributed by atoms with Gasteiger partial charge in [-0.2, -0.15) is 5.10 Å². The largest absolute Gasteiger partial charge is 0.508 e. The average molecular weight is 286 g/mol. The summed E-state index contributed by atoms with van der Waals surface area (Å²) in [6, 6.07) is 8.74. The van der Waals surface area contributed by atoms with Crippen molar-refractivity contribution in [2.45, 2.75) is 6.92 Å². The molecule has 0 spiro atoms. The number of carbonyl (C=O) groups excluding carboxylic acids is 1. The number of phenolic OH excluding ortho intramolecular Hbond substituents is 3. The molecule has 0 radical (unpaired) electrons. The van der Waals surface area contributed by atoms with Crippen molar-refractivity contribution in [3.63, 3.8) is 0 Å². The molecule has 108 valence electrons. The Morgan fingerprint density at radius 2 is 1.95 bits per heavy atom. The Hall–Kier alpha value is -3.02. The highest BCUT2D eigenvalue weighted by Crippen LogP contribution is 2.21. The Morgan fingerprint density at radius 1 is 1.19 bits per heavy atom. The van der Waals surface area contributed by atoms with Crippen LogP contribution in [0.1, 0.15) is 21.5 Å². The molecule has 6 heteroatoms. The number of phenols is 3. The fourth-order valence-corrected chi connectivity index (χ4v) is 1.71. The molecule has 0 aliphatic carbocycles. The molecule has 0 saturated heterocycles. The van der Waals surface area contributed by atoms with Crippen molar-refractivity contribution in [2.24, 2.45) is 5.10 Å². The normalized spacial score (nSPS) is 10.7. The maximum atomic E-state index is 11.9. The molecule has 0 aliphatic heterocycles. The van der Waals surface area contributed by atoms with Gasteiger partial charge in [-0.05, 0) is 36.8 Å². The molecule has 0 saturated carbocycles. The Bertz CT molecular complexity index is 711. The van der Waals surface area contributed by atoms with Crippen molar-refractivity contribution in [3.8, 4) is 17.2 Å². The first-order chi connectivity index (χ1) is 9.99. The van der Waals surface area contributed by atoms with Crippen LogP contribution < -0.4 is 5.43 Å². The van der Waals surface area contributed by atoms with Gasteiger partial charge in [0.15, 0.2) is 0 Å². The molecule has 0 atom stereocenters. The minimum Gasteiger partial charge on any atom is -0.508 e. The van der Waals surface area contributed by atoms with E-state index in [0.717, 1.165) is 0 Å². The maximum absolute atomic E-state index is 11.9. The van der Waals surface area contributed by atoms with Gasteiger partial charge in [0, 0.05) is 5.56 Å². The summed E-state index contributed by atoms with van der Waals surface area (Å²) in [5.41, 5.74) is 3.18. The summed E-state index contributed by atoms with van der Waals surface area (Å²) in [5, 5.41) is 32.3. The highest BCUT2D eigenvalue weighted by atomic mass is 16.3. The molecular formula is C15H14N2O4. The lowest BCUT2D eigenvalue weighted by Crippen LogP contribution is -2.17. The molecule has 0 unspecified atom stereocenters. The van der Waals surface area contributed by atoms with Gasteiger partial charge in [0.05, 0.1) is 11.8 Å². The molecule has 1 amide bonds. The number of hydrazone groups is 1. The number of nitrogens with one attached hydrogen (secondary N) is 1. The lowest BCUT2D eigenvalue weighted by atomic mass is 10.1. The third-order valence-electron chi connectivity index (χ3n) is 2.86. The van der Waals surface area contributed by atoms with Crippen molar-refractivity contribution in [1.29, 1.82) is 0 Å². The Kier molecular flexibility index (Phi) is 4.08. The highest BCUT2D eigenvalue weighted by Gasteiger charge is 2.11. The molecule has 2 aromatic carbocycles. The number of aromatic hydroxyl groups is 3. The van der Waals surface area contributed by atoms with Crippen molar-refractivity contribution in [3.05, 3.63) is 53.1 Å². The topological polar surface area (TPSA) is 102 Å². The molecule has 4 N–H and O–H groups in total. The molecule has 0 aliphatic rings. The minimum atomic E-state index is -0.577. The second kappa shape index (κ2) is 5.96. The predicted octanol–water partition coefficient (Wildman–Crippen LogP) is 1.88. The van der Waals surface area contributed by atoms with Gasteiger partial charge in [0.25, 0.3) is 5.91 Å². The maximum Gasteiger partial charge on any atom is 0.275 e. The van der Waals surface area contributed by atoms with E-state index in [-0.39, 0.29) is 28.4 Å². The lowest BCUT2D eigenvalue weighted by molar-refractivity contribution is 0.0952. The number of amides is 1. The molecule has 2 rings (SSSR count). The second-order valence-corrected chi connectivity index (χ2v) is 4.41. The van der Waals surface area contributed by atoms with Gasteiger partial charge in [-0.25, -0.2) is 5.43 Å². The zero-order valence-corrected chi connectivity index (χ0v) is 11.2. The number of hydrogen-bond acceptors (Lipinski definition) is 5. The predicted molar refractivity (Wildman–Crippen MR) is 77.7 cm³/mol. The summed E-state index contributed by atoms with van der Waals surface area (Å²) < 4.78 is 0. The summed E-state index contributed by atoms with van der Waals surface area (Å²) in [6.45, 7) is 1.68. The second-order valence-electron chi connectivity index (χ2n) is 4.41. The monoisotopic (exact) mass is 286 g/mol. The van der Waals surface area contributed by atoms with E-state index >= 15 is 0 Å². The zero-order valence-electron chi connectivity index (χ0n) is 11.2. The first kappa shape index (κ1) is 14.4. The van der Waals surface area contributed by atoms with Gasteiger partial charge in [0.1, 0.15) is 17.2 Å². The van der Waals surface area contributed by atoms with Crippen molar-refractivity contribution < 1.29 is 20.1 Å². The van der Waals surface area contributed by atoms with Crippen LogP contribution in [0.15, 0.2) is 41.5 Å². The Balaban J connectivity index is 2.12. The zero-order chi connectivity index (χ0) is 15.4. The van der Waals surface area contributed by atoms with E-state index in [1.807, 2.05) is 0 Å². The summed E-state index contributed by atoms with van der Waals surface area (Å²) >= 11 is 0. The van der Waals surface area contributed by atoms with Crippen LogP contribution in [0.4, 0.5) is 0 Å². The molecular weight excluding hydrogens is 272 g/mol. The van der Waals surface area contributed by atoms with Crippen LogP contribution in [-0.4, -0.2) is 27.4 Å². The molecule has 0 bridgehead atoms. The van der Waals surface area contributed by atoms with Crippen LogP contribution in [-0.2, 0) is 0 Å². The molecule has 2 aromatic rings. The number of rotatable bonds is 3. The molecule has 21 heavy (non-hydrogen) atoms. The Labute approximate surface area is 121 Å². The van der Waals surface area contributed by atoms with Crippen LogP contribution in [0.5, 0.6) is 17.2 Å². The highest BCUT2D eigenvalue weighted by molar-refractivity contribution is 5.97. The first-order valence-electron chi connectivity index (χ1n) is 6.13. The average Bonchev–Trinajstić information content (AvgIpc) is 2.45. The minimum absolute atomic E-state index is 0.0306. The third-order valence-corrected chi connectivity index (χ3v) is 2.86. The van der Waals surface area contributed by atoms with E-state index < -0.39 is 5.91 Å². The van der Waals surface area contributed by atoms with E-state index in [0.29, 0.717) is 5.56 Å². The van der Waals surface area contributed by atoms with Gasteiger partial charge >= 0.3 is 0 Å². The van der Waals surface area contributed by atoms with Crippen LogP contribution in [0.3, 0.4) is 0 Å². The number of carbonyl (C=O) groups is 1. The van der Waals surface area contributed by atoms with E-state index in [1.54, 1.807) is 19.1 Å². The lowest BCUT2D eigenvalue weighted by Gasteiger charge is -2.05. The van der Waals surface area contributed by atoms with Gasteiger partial charge < -0.3 is 15.3 Å².